The monoisotopic (exact) mass is 266 g/mol. The van der Waals surface area contributed by atoms with Crippen LogP contribution in [0.25, 0.3) is 11.3 Å². The van der Waals surface area contributed by atoms with Crippen molar-refractivity contribution in [2.24, 2.45) is 0 Å². The van der Waals surface area contributed by atoms with Gasteiger partial charge < -0.3 is 9.15 Å². The van der Waals surface area contributed by atoms with Crippen LogP contribution >= 0.6 is 15.9 Å². The van der Waals surface area contributed by atoms with Crippen LogP contribution in [0, 0.1) is 6.92 Å². The first-order chi connectivity index (χ1) is 7.22. The van der Waals surface area contributed by atoms with Crippen molar-refractivity contribution in [2.75, 3.05) is 7.11 Å². The topological polar surface area (TPSA) is 22.4 Å². The number of aryl methyl sites for hydroxylation is 1. The normalized spacial score (nSPS) is 10.3. The van der Waals surface area contributed by atoms with Crippen molar-refractivity contribution in [1.29, 1.82) is 0 Å². The van der Waals surface area contributed by atoms with Gasteiger partial charge in [0, 0.05) is 4.47 Å². The van der Waals surface area contributed by atoms with Crippen LogP contribution in [0.3, 0.4) is 0 Å². The summed E-state index contributed by atoms with van der Waals surface area (Å²) < 4.78 is 11.7. The van der Waals surface area contributed by atoms with Crippen LogP contribution in [0.2, 0.25) is 0 Å². The molecule has 0 aliphatic rings. The van der Waals surface area contributed by atoms with Crippen LogP contribution in [0.4, 0.5) is 0 Å². The van der Waals surface area contributed by atoms with E-state index < -0.39 is 0 Å². The lowest BCUT2D eigenvalue weighted by atomic mass is 10.1. The van der Waals surface area contributed by atoms with E-state index in [1.807, 2.05) is 31.2 Å². The molecule has 0 fully saturated rings. The van der Waals surface area contributed by atoms with Crippen LogP contribution in [0.15, 0.2) is 39.4 Å². The van der Waals surface area contributed by atoms with E-state index in [1.54, 1.807) is 13.4 Å². The summed E-state index contributed by atoms with van der Waals surface area (Å²) in [6.45, 7) is 2.03. The molecule has 15 heavy (non-hydrogen) atoms. The fourth-order valence-corrected chi connectivity index (χ4v) is 2.28. The number of rotatable bonds is 2. The average Bonchev–Trinajstić information content (AvgIpc) is 2.69. The largest absolute Gasteiger partial charge is 0.496 e. The van der Waals surface area contributed by atoms with Crippen LogP contribution in [0.1, 0.15) is 5.56 Å². The maximum absolute atomic E-state index is 5.37. The van der Waals surface area contributed by atoms with Gasteiger partial charge in [0.25, 0.3) is 0 Å². The predicted molar refractivity (Wildman–Crippen MR) is 63.1 cm³/mol. The Bertz CT molecular complexity index is 461. The summed E-state index contributed by atoms with van der Waals surface area (Å²) in [5, 5.41) is 0. The van der Waals surface area contributed by atoms with Gasteiger partial charge in [-0.15, -0.1) is 0 Å². The second-order valence-corrected chi connectivity index (χ2v) is 4.16. The van der Waals surface area contributed by atoms with E-state index in [9.17, 15) is 0 Å². The predicted octanol–water partition coefficient (Wildman–Crippen LogP) is 4.03. The van der Waals surface area contributed by atoms with Gasteiger partial charge in [-0.1, -0.05) is 0 Å². The zero-order valence-electron chi connectivity index (χ0n) is 8.58. The molecule has 2 nitrogen and oxygen atoms in total. The molecule has 0 N–H and O–H groups in total. The number of hydrogen-bond donors (Lipinski definition) is 0. The molecular formula is C12H11BrO2. The number of hydrogen-bond acceptors (Lipinski definition) is 2. The van der Waals surface area contributed by atoms with Gasteiger partial charge in [-0.05, 0) is 52.7 Å². The molecule has 3 heteroatoms. The zero-order chi connectivity index (χ0) is 10.8. The lowest BCUT2D eigenvalue weighted by Gasteiger charge is -2.09. The van der Waals surface area contributed by atoms with Gasteiger partial charge in [0.1, 0.15) is 11.5 Å². The molecule has 2 aromatic rings. The number of benzene rings is 1. The minimum absolute atomic E-state index is 0.804. The molecule has 0 aliphatic heterocycles. The molecule has 0 atom stereocenters. The Kier molecular flexibility index (Phi) is 2.82. The van der Waals surface area contributed by atoms with Crippen LogP contribution in [-0.4, -0.2) is 7.11 Å². The zero-order valence-corrected chi connectivity index (χ0v) is 10.2. The molecule has 0 aliphatic carbocycles. The summed E-state index contributed by atoms with van der Waals surface area (Å²) in [6, 6.07) is 7.81. The Morgan fingerprint density at radius 3 is 2.73 bits per heavy atom. The van der Waals surface area contributed by atoms with Crippen molar-refractivity contribution in [2.45, 2.75) is 6.92 Å². The smallest absolute Gasteiger partial charge is 0.138 e. The Morgan fingerprint density at radius 2 is 2.13 bits per heavy atom. The summed E-state index contributed by atoms with van der Waals surface area (Å²) in [5.41, 5.74) is 2.10. The maximum atomic E-state index is 5.37. The molecule has 1 aromatic carbocycles. The second kappa shape index (κ2) is 4.11. The van der Waals surface area contributed by atoms with Gasteiger partial charge in [0.05, 0.1) is 18.9 Å². The van der Waals surface area contributed by atoms with E-state index in [0.29, 0.717) is 0 Å². The van der Waals surface area contributed by atoms with Crippen LogP contribution < -0.4 is 4.74 Å². The summed E-state index contributed by atoms with van der Waals surface area (Å²) in [7, 11) is 1.66. The van der Waals surface area contributed by atoms with Crippen molar-refractivity contribution >= 4 is 15.9 Å². The van der Waals surface area contributed by atoms with Gasteiger partial charge >= 0.3 is 0 Å². The third kappa shape index (κ3) is 1.92. The van der Waals surface area contributed by atoms with E-state index in [2.05, 4.69) is 15.9 Å². The number of methoxy groups -OCH3 is 1. The molecule has 78 valence electrons. The van der Waals surface area contributed by atoms with E-state index in [4.69, 9.17) is 9.15 Å². The first-order valence-corrected chi connectivity index (χ1v) is 5.39. The quantitative estimate of drug-likeness (QED) is 0.819. The van der Waals surface area contributed by atoms with E-state index in [0.717, 1.165) is 27.1 Å². The van der Waals surface area contributed by atoms with Crippen molar-refractivity contribution in [1.82, 2.24) is 0 Å². The van der Waals surface area contributed by atoms with Crippen molar-refractivity contribution in [3.8, 4) is 17.1 Å². The highest BCUT2D eigenvalue weighted by atomic mass is 79.9. The third-order valence-corrected chi connectivity index (χ3v) is 2.81. The minimum atomic E-state index is 0.804. The molecule has 1 aromatic heterocycles. The highest BCUT2D eigenvalue weighted by Gasteiger charge is 2.13. The second-order valence-electron chi connectivity index (χ2n) is 3.30. The summed E-state index contributed by atoms with van der Waals surface area (Å²) in [6.07, 6.45) is 1.65. The van der Waals surface area contributed by atoms with Gasteiger partial charge in [0.15, 0.2) is 0 Å². The number of ether oxygens (including phenoxy) is 1. The molecule has 0 radical (unpaired) electrons. The number of furan rings is 1. The molecule has 0 amide bonds. The SMILES string of the molecule is COc1cc(C)cc(Br)c1-c1ccco1. The fourth-order valence-electron chi connectivity index (χ4n) is 1.53. The van der Waals surface area contributed by atoms with Crippen molar-refractivity contribution < 1.29 is 9.15 Å². The first-order valence-electron chi connectivity index (χ1n) is 4.60. The van der Waals surface area contributed by atoms with Gasteiger partial charge in [-0.3, -0.25) is 0 Å². The molecule has 0 unspecified atom stereocenters. The fraction of sp³-hybridized carbons (Fsp3) is 0.167. The van der Waals surface area contributed by atoms with Crippen LogP contribution in [-0.2, 0) is 0 Å². The highest BCUT2D eigenvalue weighted by molar-refractivity contribution is 9.10. The van der Waals surface area contributed by atoms with Crippen LogP contribution in [0.5, 0.6) is 5.75 Å². The van der Waals surface area contributed by atoms with Crippen molar-refractivity contribution in [3.63, 3.8) is 0 Å². The number of halogens is 1. The Balaban J connectivity index is 2.64. The molecule has 2 rings (SSSR count). The minimum Gasteiger partial charge on any atom is -0.496 e. The van der Waals surface area contributed by atoms with Gasteiger partial charge in [-0.2, -0.15) is 0 Å². The maximum Gasteiger partial charge on any atom is 0.138 e. The summed E-state index contributed by atoms with van der Waals surface area (Å²) >= 11 is 3.52. The highest BCUT2D eigenvalue weighted by Crippen LogP contribution is 2.37. The standard InChI is InChI=1S/C12H11BrO2/c1-8-6-9(13)12(11(7-8)14-2)10-4-3-5-15-10/h3-7H,1-2H3. The summed E-state index contributed by atoms with van der Waals surface area (Å²) in [4.78, 5) is 0. The molecule has 0 saturated carbocycles. The first kappa shape index (κ1) is 10.3. The lowest BCUT2D eigenvalue weighted by molar-refractivity contribution is 0.414. The lowest BCUT2D eigenvalue weighted by Crippen LogP contribution is -1.89. The molecule has 1 heterocycles. The molecule has 0 saturated heterocycles. The van der Waals surface area contributed by atoms with E-state index >= 15 is 0 Å². The van der Waals surface area contributed by atoms with Crippen molar-refractivity contribution in [3.05, 3.63) is 40.6 Å². The van der Waals surface area contributed by atoms with Gasteiger partial charge in [0.2, 0.25) is 0 Å². The Morgan fingerprint density at radius 1 is 1.33 bits per heavy atom. The Labute approximate surface area is 97.0 Å². The average molecular weight is 267 g/mol. The third-order valence-electron chi connectivity index (χ3n) is 2.19. The van der Waals surface area contributed by atoms with Gasteiger partial charge in [-0.25, -0.2) is 0 Å². The molecular weight excluding hydrogens is 256 g/mol. The Hall–Kier alpha value is -1.22. The van der Waals surface area contributed by atoms with E-state index in [-0.39, 0.29) is 0 Å². The molecule has 0 spiro atoms. The summed E-state index contributed by atoms with van der Waals surface area (Å²) in [5.74, 6) is 1.62. The van der Waals surface area contributed by atoms with E-state index in [1.165, 1.54) is 0 Å². The molecule has 0 bridgehead atoms.